The third-order valence-corrected chi connectivity index (χ3v) is 3.08. The molecule has 0 heterocycles. The highest BCUT2D eigenvalue weighted by Crippen LogP contribution is 2.25. The number of aliphatic hydroxyl groups excluding tert-OH is 1. The molecule has 1 amide bonds. The summed E-state index contributed by atoms with van der Waals surface area (Å²) in [5.74, 6) is 0.877. The van der Waals surface area contributed by atoms with E-state index in [0.29, 0.717) is 22.7 Å². The maximum atomic E-state index is 12.0. The van der Waals surface area contributed by atoms with Gasteiger partial charge in [-0.3, -0.25) is 4.79 Å². The van der Waals surface area contributed by atoms with Gasteiger partial charge in [0.05, 0.1) is 19.4 Å². The number of hydrogen-bond donors (Lipinski definition) is 2. The monoisotopic (exact) mass is 301 g/mol. The van der Waals surface area contributed by atoms with Crippen molar-refractivity contribution in [3.05, 3.63) is 53.6 Å². The van der Waals surface area contributed by atoms with Crippen molar-refractivity contribution in [3.8, 4) is 11.5 Å². The molecule has 2 aromatic carbocycles. The smallest absolute Gasteiger partial charge is 0.262 e. The molecular formula is C17H19NO4. The molecule has 2 aromatic rings. The molecular weight excluding hydrogens is 282 g/mol. The Hall–Kier alpha value is -2.53. The summed E-state index contributed by atoms with van der Waals surface area (Å²) in [6.07, 6.45) is 0. The van der Waals surface area contributed by atoms with Gasteiger partial charge in [-0.25, -0.2) is 0 Å². The second-order valence-electron chi connectivity index (χ2n) is 4.85. The molecule has 22 heavy (non-hydrogen) atoms. The Morgan fingerprint density at radius 2 is 2.05 bits per heavy atom. The molecule has 0 aliphatic carbocycles. The van der Waals surface area contributed by atoms with Crippen molar-refractivity contribution < 1.29 is 19.4 Å². The molecule has 0 saturated carbocycles. The van der Waals surface area contributed by atoms with Gasteiger partial charge < -0.3 is 19.9 Å². The van der Waals surface area contributed by atoms with Crippen LogP contribution in [-0.2, 0) is 11.4 Å². The van der Waals surface area contributed by atoms with Crippen molar-refractivity contribution in [1.82, 2.24) is 0 Å². The van der Waals surface area contributed by atoms with Crippen molar-refractivity contribution in [3.63, 3.8) is 0 Å². The van der Waals surface area contributed by atoms with E-state index in [1.54, 1.807) is 24.3 Å². The van der Waals surface area contributed by atoms with E-state index in [9.17, 15) is 4.79 Å². The Bertz CT molecular complexity index is 655. The number of rotatable bonds is 6. The highest BCUT2D eigenvalue weighted by atomic mass is 16.5. The molecule has 2 N–H and O–H groups in total. The number of ether oxygens (including phenoxy) is 2. The van der Waals surface area contributed by atoms with Crippen LogP contribution < -0.4 is 14.8 Å². The molecule has 0 radical (unpaired) electrons. The molecule has 0 fully saturated rings. The quantitative estimate of drug-likeness (QED) is 0.860. The van der Waals surface area contributed by atoms with Gasteiger partial charge in [-0.05, 0) is 42.3 Å². The van der Waals surface area contributed by atoms with Crippen LogP contribution in [0.5, 0.6) is 11.5 Å². The molecule has 0 bridgehead atoms. The number of methoxy groups -OCH3 is 1. The van der Waals surface area contributed by atoms with E-state index in [2.05, 4.69) is 5.32 Å². The van der Waals surface area contributed by atoms with E-state index in [4.69, 9.17) is 14.6 Å². The lowest BCUT2D eigenvalue weighted by atomic mass is 10.2. The Balaban J connectivity index is 1.99. The summed E-state index contributed by atoms with van der Waals surface area (Å²) in [5.41, 5.74) is 2.26. The molecule has 0 aromatic heterocycles. The summed E-state index contributed by atoms with van der Waals surface area (Å²) in [5, 5.41) is 11.9. The van der Waals surface area contributed by atoms with E-state index in [-0.39, 0.29) is 19.1 Å². The number of nitrogens with one attached hydrogen (secondary N) is 1. The van der Waals surface area contributed by atoms with Gasteiger partial charge in [-0.2, -0.15) is 0 Å². The summed E-state index contributed by atoms with van der Waals surface area (Å²) in [6.45, 7) is 1.75. The highest BCUT2D eigenvalue weighted by Gasteiger charge is 2.09. The van der Waals surface area contributed by atoms with Crippen LogP contribution >= 0.6 is 0 Å². The second-order valence-corrected chi connectivity index (χ2v) is 4.85. The molecule has 0 spiro atoms. The van der Waals surface area contributed by atoms with Crippen LogP contribution in [0.4, 0.5) is 5.69 Å². The summed E-state index contributed by atoms with van der Waals surface area (Å²) in [6, 6.07) is 12.6. The first-order valence-corrected chi connectivity index (χ1v) is 6.89. The molecule has 2 rings (SSSR count). The first kappa shape index (κ1) is 15.9. The fourth-order valence-electron chi connectivity index (χ4n) is 1.99. The number of carbonyl (C=O) groups excluding carboxylic acids is 1. The summed E-state index contributed by atoms with van der Waals surface area (Å²) in [7, 11) is 1.52. The number of hydrogen-bond acceptors (Lipinski definition) is 4. The lowest BCUT2D eigenvalue weighted by Gasteiger charge is -2.12. The first-order valence-electron chi connectivity index (χ1n) is 6.89. The van der Waals surface area contributed by atoms with E-state index in [1.165, 1.54) is 7.11 Å². The Kier molecular flexibility index (Phi) is 5.38. The summed E-state index contributed by atoms with van der Waals surface area (Å²) >= 11 is 0. The van der Waals surface area contributed by atoms with E-state index < -0.39 is 0 Å². The fourth-order valence-corrected chi connectivity index (χ4v) is 1.99. The van der Waals surface area contributed by atoms with Gasteiger partial charge in [-0.1, -0.05) is 18.2 Å². The van der Waals surface area contributed by atoms with Crippen LogP contribution in [-0.4, -0.2) is 24.7 Å². The SMILES string of the molecule is COc1ccc(CO)cc1NC(=O)COc1cccc(C)c1. The zero-order valence-electron chi connectivity index (χ0n) is 12.6. The van der Waals surface area contributed by atoms with Crippen LogP contribution in [0, 0.1) is 6.92 Å². The van der Waals surface area contributed by atoms with E-state index in [0.717, 1.165) is 5.56 Å². The Morgan fingerprint density at radius 1 is 1.23 bits per heavy atom. The van der Waals surface area contributed by atoms with Gasteiger partial charge in [0.15, 0.2) is 6.61 Å². The van der Waals surface area contributed by atoms with Gasteiger partial charge in [0.25, 0.3) is 5.91 Å². The number of aliphatic hydroxyl groups is 1. The van der Waals surface area contributed by atoms with Crippen LogP contribution in [0.2, 0.25) is 0 Å². The Morgan fingerprint density at radius 3 is 2.73 bits per heavy atom. The molecule has 0 aliphatic heterocycles. The summed E-state index contributed by atoms with van der Waals surface area (Å²) < 4.78 is 10.6. The van der Waals surface area contributed by atoms with Crippen molar-refractivity contribution in [2.45, 2.75) is 13.5 Å². The molecule has 0 unspecified atom stereocenters. The number of benzene rings is 2. The van der Waals surface area contributed by atoms with Crippen molar-refractivity contribution >= 4 is 11.6 Å². The van der Waals surface area contributed by atoms with Crippen LogP contribution in [0.1, 0.15) is 11.1 Å². The number of amides is 1. The van der Waals surface area contributed by atoms with Gasteiger partial charge in [0.1, 0.15) is 11.5 Å². The highest BCUT2D eigenvalue weighted by molar-refractivity contribution is 5.93. The minimum absolute atomic E-state index is 0.101. The lowest BCUT2D eigenvalue weighted by Crippen LogP contribution is -2.20. The second kappa shape index (κ2) is 7.47. The molecule has 0 atom stereocenters. The largest absolute Gasteiger partial charge is 0.495 e. The molecule has 0 aliphatic rings. The number of carbonyl (C=O) groups is 1. The van der Waals surface area contributed by atoms with Gasteiger partial charge in [0.2, 0.25) is 0 Å². The third kappa shape index (κ3) is 4.23. The average Bonchev–Trinajstić information content (AvgIpc) is 2.53. The fraction of sp³-hybridized carbons (Fsp3) is 0.235. The van der Waals surface area contributed by atoms with Crippen molar-refractivity contribution in [2.24, 2.45) is 0 Å². The normalized spacial score (nSPS) is 10.1. The van der Waals surface area contributed by atoms with E-state index >= 15 is 0 Å². The predicted octanol–water partition coefficient (Wildman–Crippen LogP) is 2.51. The van der Waals surface area contributed by atoms with Gasteiger partial charge in [-0.15, -0.1) is 0 Å². The maximum absolute atomic E-state index is 12.0. The van der Waals surface area contributed by atoms with Crippen molar-refractivity contribution in [2.75, 3.05) is 19.0 Å². The third-order valence-electron chi connectivity index (χ3n) is 3.08. The molecule has 116 valence electrons. The van der Waals surface area contributed by atoms with E-state index in [1.807, 2.05) is 25.1 Å². The Labute approximate surface area is 129 Å². The maximum Gasteiger partial charge on any atom is 0.262 e. The minimum Gasteiger partial charge on any atom is -0.495 e. The van der Waals surface area contributed by atoms with Gasteiger partial charge >= 0.3 is 0 Å². The zero-order valence-corrected chi connectivity index (χ0v) is 12.6. The van der Waals surface area contributed by atoms with Crippen LogP contribution in [0.25, 0.3) is 0 Å². The topological polar surface area (TPSA) is 67.8 Å². The number of aryl methyl sites for hydroxylation is 1. The standard InChI is InChI=1S/C17H19NO4/c1-12-4-3-5-14(8-12)22-11-17(20)18-15-9-13(10-19)6-7-16(15)21-2/h3-9,19H,10-11H2,1-2H3,(H,18,20). The average molecular weight is 301 g/mol. The summed E-state index contributed by atoms with van der Waals surface area (Å²) in [4.78, 5) is 12.0. The molecule has 0 saturated heterocycles. The van der Waals surface area contributed by atoms with Crippen molar-refractivity contribution in [1.29, 1.82) is 0 Å². The molecule has 5 heteroatoms. The lowest BCUT2D eigenvalue weighted by molar-refractivity contribution is -0.118. The predicted molar refractivity (Wildman–Crippen MR) is 84.2 cm³/mol. The minimum atomic E-state index is -0.296. The van der Waals surface area contributed by atoms with Crippen LogP contribution in [0.15, 0.2) is 42.5 Å². The zero-order chi connectivity index (χ0) is 15.9. The van der Waals surface area contributed by atoms with Gasteiger partial charge in [0, 0.05) is 0 Å². The number of anilines is 1. The molecule has 5 nitrogen and oxygen atoms in total. The van der Waals surface area contributed by atoms with Crippen LogP contribution in [0.3, 0.4) is 0 Å². The first-order chi connectivity index (χ1) is 10.6.